The Morgan fingerprint density at radius 1 is 1.33 bits per heavy atom. The first kappa shape index (κ1) is 11.6. The van der Waals surface area contributed by atoms with Crippen molar-refractivity contribution in [2.24, 2.45) is 0 Å². The van der Waals surface area contributed by atoms with Crippen molar-refractivity contribution in [2.45, 2.75) is 19.3 Å². The van der Waals surface area contributed by atoms with Gasteiger partial charge in [0.25, 0.3) is 0 Å². The molecule has 1 aromatic carbocycles. The standard InChI is InChI=1S/C14H14ClNO2/c15-11-3-4-13-12(8-11)10(9-18-13)7-14(17)16-5-1-2-6-16/h3-4,8-9H,1-2,5-7H2. The van der Waals surface area contributed by atoms with E-state index in [9.17, 15) is 4.79 Å². The van der Waals surface area contributed by atoms with Crippen LogP contribution in [0.4, 0.5) is 0 Å². The van der Waals surface area contributed by atoms with E-state index in [0.29, 0.717) is 11.4 Å². The van der Waals surface area contributed by atoms with E-state index in [1.54, 1.807) is 12.3 Å². The van der Waals surface area contributed by atoms with Crippen LogP contribution in [0, 0.1) is 0 Å². The smallest absolute Gasteiger partial charge is 0.227 e. The summed E-state index contributed by atoms with van der Waals surface area (Å²) in [5.41, 5.74) is 1.70. The number of carbonyl (C=O) groups excluding carboxylic acids is 1. The molecule has 94 valence electrons. The van der Waals surface area contributed by atoms with Gasteiger partial charge in [0.15, 0.2) is 0 Å². The van der Waals surface area contributed by atoms with Crippen molar-refractivity contribution in [1.29, 1.82) is 0 Å². The van der Waals surface area contributed by atoms with Crippen LogP contribution in [0.1, 0.15) is 18.4 Å². The summed E-state index contributed by atoms with van der Waals surface area (Å²) in [6.07, 6.45) is 4.29. The highest BCUT2D eigenvalue weighted by atomic mass is 35.5. The summed E-state index contributed by atoms with van der Waals surface area (Å²) in [7, 11) is 0. The zero-order chi connectivity index (χ0) is 12.5. The van der Waals surface area contributed by atoms with E-state index in [1.165, 1.54) is 0 Å². The molecule has 1 fully saturated rings. The molecule has 1 aromatic heterocycles. The maximum atomic E-state index is 12.1. The third-order valence-electron chi connectivity index (χ3n) is 3.42. The van der Waals surface area contributed by atoms with E-state index in [4.69, 9.17) is 16.0 Å². The van der Waals surface area contributed by atoms with Crippen LogP contribution in [0.3, 0.4) is 0 Å². The van der Waals surface area contributed by atoms with Crippen LogP contribution in [0.2, 0.25) is 5.02 Å². The fourth-order valence-electron chi connectivity index (χ4n) is 2.43. The molecule has 2 heterocycles. The molecule has 0 unspecified atom stereocenters. The second kappa shape index (κ2) is 4.65. The van der Waals surface area contributed by atoms with Gasteiger partial charge in [-0.15, -0.1) is 0 Å². The van der Waals surface area contributed by atoms with Crippen molar-refractivity contribution < 1.29 is 9.21 Å². The molecule has 0 bridgehead atoms. The van der Waals surface area contributed by atoms with Crippen LogP contribution in [-0.2, 0) is 11.2 Å². The number of benzene rings is 1. The van der Waals surface area contributed by atoms with Crippen molar-refractivity contribution in [3.05, 3.63) is 35.0 Å². The molecule has 0 aliphatic carbocycles. The molecule has 0 spiro atoms. The van der Waals surface area contributed by atoms with E-state index in [1.807, 2.05) is 17.0 Å². The average Bonchev–Trinajstić information content (AvgIpc) is 2.99. The summed E-state index contributed by atoms with van der Waals surface area (Å²) >= 11 is 5.97. The third kappa shape index (κ3) is 2.10. The Kier molecular flexibility index (Phi) is 3.00. The molecule has 18 heavy (non-hydrogen) atoms. The highest BCUT2D eigenvalue weighted by Crippen LogP contribution is 2.25. The molecule has 1 aliphatic rings. The van der Waals surface area contributed by atoms with Gasteiger partial charge >= 0.3 is 0 Å². The Hall–Kier alpha value is -1.48. The number of furan rings is 1. The van der Waals surface area contributed by atoms with Gasteiger partial charge in [0.2, 0.25) is 5.91 Å². The van der Waals surface area contributed by atoms with Gasteiger partial charge in [0, 0.05) is 29.1 Å². The van der Waals surface area contributed by atoms with E-state index in [2.05, 4.69) is 0 Å². The van der Waals surface area contributed by atoms with Crippen LogP contribution < -0.4 is 0 Å². The molecule has 0 radical (unpaired) electrons. The van der Waals surface area contributed by atoms with Crippen molar-refractivity contribution in [1.82, 2.24) is 4.90 Å². The molecule has 4 heteroatoms. The third-order valence-corrected chi connectivity index (χ3v) is 3.65. The van der Waals surface area contributed by atoms with Crippen molar-refractivity contribution >= 4 is 28.5 Å². The predicted octanol–water partition coefficient (Wildman–Crippen LogP) is 3.25. The Morgan fingerprint density at radius 3 is 2.89 bits per heavy atom. The van der Waals surface area contributed by atoms with Gasteiger partial charge in [-0.05, 0) is 31.0 Å². The first-order valence-corrected chi connectivity index (χ1v) is 6.55. The first-order valence-electron chi connectivity index (χ1n) is 6.17. The number of hydrogen-bond donors (Lipinski definition) is 0. The zero-order valence-corrected chi connectivity index (χ0v) is 10.7. The SMILES string of the molecule is O=C(Cc1coc2ccc(Cl)cc12)N1CCCC1. The maximum Gasteiger partial charge on any atom is 0.227 e. The largest absolute Gasteiger partial charge is 0.464 e. The quantitative estimate of drug-likeness (QED) is 0.833. The number of nitrogens with zero attached hydrogens (tertiary/aromatic N) is 1. The van der Waals surface area contributed by atoms with Crippen LogP contribution in [-0.4, -0.2) is 23.9 Å². The summed E-state index contributed by atoms with van der Waals surface area (Å²) < 4.78 is 5.44. The van der Waals surface area contributed by atoms with Crippen LogP contribution in [0.25, 0.3) is 11.0 Å². The van der Waals surface area contributed by atoms with Crippen LogP contribution >= 0.6 is 11.6 Å². The molecule has 0 atom stereocenters. The highest BCUT2D eigenvalue weighted by molar-refractivity contribution is 6.31. The molecular weight excluding hydrogens is 250 g/mol. The second-order valence-electron chi connectivity index (χ2n) is 4.67. The van der Waals surface area contributed by atoms with E-state index in [-0.39, 0.29) is 5.91 Å². The summed E-state index contributed by atoms with van der Waals surface area (Å²) in [5, 5.41) is 1.61. The molecule has 1 aliphatic heterocycles. The lowest BCUT2D eigenvalue weighted by molar-refractivity contribution is -0.129. The molecule has 0 N–H and O–H groups in total. The van der Waals surface area contributed by atoms with Gasteiger partial charge in [0.1, 0.15) is 5.58 Å². The Balaban J connectivity index is 1.85. The highest BCUT2D eigenvalue weighted by Gasteiger charge is 2.19. The fraction of sp³-hybridized carbons (Fsp3) is 0.357. The van der Waals surface area contributed by atoms with Crippen molar-refractivity contribution in [3.63, 3.8) is 0 Å². The maximum absolute atomic E-state index is 12.1. The molecule has 3 nitrogen and oxygen atoms in total. The molecule has 2 aromatic rings. The molecule has 1 amide bonds. The minimum Gasteiger partial charge on any atom is -0.464 e. The minimum absolute atomic E-state index is 0.176. The first-order chi connectivity index (χ1) is 8.74. The monoisotopic (exact) mass is 263 g/mol. The lowest BCUT2D eigenvalue weighted by Crippen LogP contribution is -2.28. The molecule has 3 rings (SSSR count). The summed E-state index contributed by atoms with van der Waals surface area (Å²) in [6, 6.07) is 5.48. The fourth-order valence-corrected chi connectivity index (χ4v) is 2.60. The van der Waals surface area contributed by atoms with Gasteiger partial charge in [-0.2, -0.15) is 0 Å². The zero-order valence-electron chi connectivity index (χ0n) is 9.99. The minimum atomic E-state index is 0.176. The Bertz CT molecular complexity index is 584. The van der Waals surface area contributed by atoms with Gasteiger partial charge in [-0.1, -0.05) is 11.6 Å². The van der Waals surface area contributed by atoms with Crippen molar-refractivity contribution in [2.75, 3.05) is 13.1 Å². The second-order valence-corrected chi connectivity index (χ2v) is 5.10. The molecular formula is C14H14ClNO2. The number of carbonyl (C=O) groups is 1. The van der Waals surface area contributed by atoms with Gasteiger partial charge in [-0.25, -0.2) is 0 Å². The van der Waals surface area contributed by atoms with E-state index < -0.39 is 0 Å². The topological polar surface area (TPSA) is 33.5 Å². The Morgan fingerprint density at radius 2 is 2.11 bits per heavy atom. The van der Waals surface area contributed by atoms with Crippen molar-refractivity contribution in [3.8, 4) is 0 Å². The predicted molar refractivity (Wildman–Crippen MR) is 70.7 cm³/mol. The number of likely N-dealkylation sites (tertiary alicyclic amines) is 1. The van der Waals surface area contributed by atoms with Crippen LogP contribution in [0.15, 0.2) is 28.9 Å². The number of hydrogen-bond acceptors (Lipinski definition) is 2. The number of fused-ring (bicyclic) bond motifs is 1. The summed E-state index contributed by atoms with van der Waals surface area (Å²) in [5.74, 6) is 0.176. The average molecular weight is 264 g/mol. The molecule has 0 saturated carbocycles. The molecule has 1 saturated heterocycles. The van der Waals surface area contributed by atoms with E-state index in [0.717, 1.165) is 42.5 Å². The van der Waals surface area contributed by atoms with Gasteiger partial charge in [0.05, 0.1) is 12.7 Å². The van der Waals surface area contributed by atoms with Gasteiger partial charge in [-0.3, -0.25) is 4.79 Å². The lowest BCUT2D eigenvalue weighted by Gasteiger charge is -2.14. The van der Waals surface area contributed by atoms with Gasteiger partial charge < -0.3 is 9.32 Å². The number of amides is 1. The number of halogens is 1. The normalized spacial score (nSPS) is 15.5. The number of rotatable bonds is 2. The summed E-state index contributed by atoms with van der Waals surface area (Å²) in [4.78, 5) is 14.0. The Labute approximate surface area is 110 Å². The summed E-state index contributed by atoms with van der Waals surface area (Å²) in [6.45, 7) is 1.77. The van der Waals surface area contributed by atoms with E-state index >= 15 is 0 Å². The van der Waals surface area contributed by atoms with Crippen LogP contribution in [0.5, 0.6) is 0 Å². The lowest BCUT2D eigenvalue weighted by atomic mass is 10.1.